The van der Waals surface area contributed by atoms with Crippen LogP contribution in [0.3, 0.4) is 0 Å². The van der Waals surface area contributed by atoms with E-state index in [1.807, 2.05) is 0 Å². The van der Waals surface area contributed by atoms with Gasteiger partial charge in [0.15, 0.2) is 0 Å². The van der Waals surface area contributed by atoms with Crippen molar-refractivity contribution in [3.05, 3.63) is 64.3 Å². The molecule has 0 aliphatic carbocycles. The lowest BCUT2D eigenvalue weighted by Crippen LogP contribution is -2.25. The van der Waals surface area contributed by atoms with Gasteiger partial charge in [0.2, 0.25) is 0 Å². The largest absolute Gasteiger partial charge is 0.508 e. The molecule has 1 heterocycles. The number of aromatic nitrogens is 1. The van der Waals surface area contributed by atoms with E-state index in [2.05, 4.69) is 0 Å². The number of carbonyl (C=O) groups excluding carboxylic acids is 2. The summed E-state index contributed by atoms with van der Waals surface area (Å²) >= 11 is 6.03. The Balaban J connectivity index is 2.13. The summed E-state index contributed by atoms with van der Waals surface area (Å²) in [7, 11) is 0. The molecule has 0 amide bonds. The van der Waals surface area contributed by atoms with Crippen LogP contribution in [-0.4, -0.2) is 27.2 Å². The number of aromatic hydroxyl groups is 1. The number of nitrogens with zero attached hydrogens (tertiary/aromatic N) is 1. The zero-order valence-electron chi connectivity index (χ0n) is 16.2. The van der Waals surface area contributed by atoms with E-state index < -0.39 is 11.6 Å². The first-order chi connectivity index (χ1) is 13.1. The van der Waals surface area contributed by atoms with Gasteiger partial charge < -0.3 is 9.84 Å². The van der Waals surface area contributed by atoms with E-state index in [0.717, 1.165) is 0 Å². The van der Waals surface area contributed by atoms with Gasteiger partial charge in [0.05, 0.1) is 11.9 Å². The van der Waals surface area contributed by atoms with Crippen LogP contribution in [0.5, 0.6) is 5.75 Å². The Bertz CT molecular complexity index is 1080. The summed E-state index contributed by atoms with van der Waals surface area (Å²) in [6.07, 6.45) is -0.00111. The summed E-state index contributed by atoms with van der Waals surface area (Å²) in [5.41, 5.74) is 1.71. The average Bonchev–Trinajstić information content (AvgIpc) is 2.84. The first kappa shape index (κ1) is 20.0. The molecular weight excluding hydrogens is 378 g/mol. The molecule has 5 nitrogen and oxygen atoms in total. The van der Waals surface area contributed by atoms with Crippen LogP contribution in [0.15, 0.2) is 42.5 Å². The van der Waals surface area contributed by atoms with E-state index in [0.29, 0.717) is 32.7 Å². The first-order valence-corrected chi connectivity index (χ1v) is 9.29. The number of carbonyl (C=O) groups is 2. The van der Waals surface area contributed by atoms with Crippen LogP contribution in [0.4, 0.5) is 0 Å². The van der Waals surface area contributed by atoms with Crippen LogP contribution in [0.2, 0.25) is 5.02 Å². The molecule has 3 rings (SSSR count). The lowest BCUT2D eigenvalue weighted by atomic mass is 10.1. The van der Waals surface area contributed by atoms with Crippen molar-refractivity contribution < 1.29 is 19.4 Å². The summed E-state index contributed by atoms with van der Waals surface area (Å²) in [5.74, 6) is -0.593. The van der Waals surface area contributed by atoms with Crippen molar-refractivity contribution >= 4 is 34.4 Å². The maximum atomic E-state index is 13.2. The number of hydrogen-bond donors (Lipinski definition) is 1. The molecular formula is C22H22ClNO4. The third kappa shape index (κ3) is 4.04. The fraction of sp³-hybridized carbons (Fsp3) is 0.273. The van der Waals surface area contributed by atoms with Gasteiger partial charge in [-0.05, 0) is 69.7 Å². The molecule has 0 saturated carbocycles. The molecule has 0 aliphatic rings. The third-order valence-electron chi connectivity index (χ3n) is 4.33. The Hall–Kier alpha value is -2.79. The van der Waals surface area contributed by atoms with Gasteiger partial charge in [-0.15, -0.1) is 0 Å². The number of fused-ring (bicyclic) bond motifs is 1. The number of esters is 1. The molecule has 6 heteroatoms. The van der Waals surface area contributed by atoms with E-state index in [4.69, 9.17) is 16.3 Å². The Morgan fingerprint density at radius 3 is 2.50 bits per heavy atom. The van der Waals surface area contributed by atoms with Crippen molar-refractivity contribution in [1.29, 1.82) is 0 Å². The standard InChI is InChI=1S/C22H22ClNO4/c1-13-17(12-20(26)28-22(2,3)4)18-11-16(25)8-9-19(18)24(13)21(27)14-6-5-7-15(23)10-14/h5-11,25H,12H2,1-4H3. The maximum absolute atomic E-state index is 13.2. The summed E-state index contributed by atoms with van der Waals surface area (Å²) in [6.45, 7) is 7.18. The minimum absolute atomic E-state index is 0.00111. The van der Waals surface area contributed by atoms with Crippen molar-refractivity contribution in [1.82, 2.24) is 4.57 Å². The molecule has 28 heavy (non-hydrogen) atoms. The number of halogens is 1. The number of phenolic OH excluding ortho intramolecular Hbond substituents is 1. The van der Waals surface area contributed by atoms with Crippen molar-refractivity contribution in [2.75, 3.05) is 0 Å². The maximum Gasteiger partial charge on any atom is 0.310 e. The van der Waals surface area contributed by atoms with Gasteiger partial charge in [-0.25, -0.2) is 0 Å². The highest BCUT2D eigenvalue weighted by Crippen LogP contribution is 2.31. The van der Waals surface area contributed by atoms with Crippen molar-refractivity contribution in [3.63, 3.8) is 0 Å². The van der Waals surface area contributed by atoms with Gasteiger partial charge in [0.1, 0.15) is 11.4 Å². The smallest absolute Gasteiger partial charge is 0.310 e. The van der Waals surface area contributed by atoms with E-state index in [9.17, 15) is 14.7 Å². The monoisotopic (exact) mass is 399 g/mol. The third-order valence-corrected chi connectivity index (χ3v) is 4.57. The molecule has 0 unspecified atom stereocenters. The normalized spacial score (nSPS) is 11.6. The molecule has 0 bridgehead atoms. The summed E-state index contributed by atoms with van der Waals surface area (Å²) in [5, 5.41) is 11.0. The van der Waals surface area contributed by atoms with Gasteiger partial charge >= 0.3 is 5.97 Å². The molecule has 1 N–H and O–H groups in total. The molecule has 0 atom stereocenters. The predicted octanol–water partition coefficient (Wildman–Crippen LogP) is 4.88. The van der Waals surface area contributed by atoms with Crippen LogP contribution >= 0.6 is 11.6 Å². The van der Waals surface area contributed by atoms with Crippen LogP contribution in [-0.2, 0) is 16.0 Å². The van der Waals surface area contributed by atoms with Crippen molar-refractivity contribution in [2.24, 2.45) is 0 Å². The Morgan fingerprint density at radius 2 is 1.86 bits per heavy atom. The van der Waals surface area contributed by atoms with Crippen molar-refractivity contribution in [2.45, 2.75) is 39.7 Å². The number of hydrogen-bond acceptors (Lipinski definition) is 4. The van der Waals surface area contributed by atoms with Gasteiger partial charge in [-0.3, -0.25) is 14.2 Å². The molecule has 0 aliphatic heterocycles. The molecule has 146 valence electrons. The molecule has 0 radical (unpaired) electrons. The number of rotatable bonds is 3. The van der Waals surface area contributed by atoms with Gasteiger partial charge in [-0.1, -0.05) is 17.7 Å². The van der Waals surface area contributed by atoms with Gasteiger partial charge in [0, 0.05) is 21.7 Å². The van der Waals surface area contributed by atoms with Crippen LogP contribution < -0.4 is 0 Å². The van der Waals surface area contributed by atoms with Crippen LogP contribution in [0.1, 0.15) is 42.4 Å². The Labute approximate surface area is 168 Å². The fourth-order valence-electron chi connectivity index (χ4n) is 3.23. The Kier molecular flexibility index (Phi) is 5.22. The van der Waals surface area contributed by atoms with E-state index in [1.165, 1.54) is 6.07 Å². The van der Waals surface area contributed by atoms with Crippen molar-refractivity contribution in [3.8, 4) is 5.75 Å². The SMILES string of the molecule is Cc1c(CC(=O)OC(C)(C)C)c2cc(O)ccc2n1C(=O)c1cccc(Cl)c1. The second-order valence-electron chi connectivity index (χ2n) is 7.68. The fourth-order valence-corrected chi connectivity index (χ4v) is 3.42. The summed E-state index contributed by atoms with van der Waals surface area (Å²) < 4.78 is 6.97. The lowest BCUT2D eigenvalue weighted by molar-refractivity contribution is -0.153. The predicted molar refractivity (Wildman–Crippen MR) is 109 cm³/mol. The molecule has 2 aromatic carbocycles. The molecule has 0 saturated heterocycles. The number of phenols is 1. The zero-order chi connectivity index (χ0) is 20.6. The highest BCUT2D eigenvalue weighted by Gasteiger charge is 2.24. The van der Waals surface area contributed by atoms with Gasteiger partial charge in [0.25, 0.3) is 5.91 Å². The number of ether oxygens (including phenoxy) is 1. The first-order valence-electron chi connectivity index (χ1n) is 8.92. The molecule has 1 aromatic heterocycles. The topological polar surface area (TPSA) is 68.5 Å². The molecule has 0 fully saturated rings. The van der Waals surface area contributed by atoms with Crippen LogP contribution in [0, 0.1) is 6.92 Å². The summed E-state index contributed by atoms with van der Waals surface area (Å²) in [6, 6.07) is 11.4. The van der Waals surface area contributed by atoms with E-state index >= 15 is 0 Å². The van der Waals surface area contributed by atoms with Gasteiger partial charge in [-0.2, -0.15) is 0 Å². The Morgan fingerprint density at radius 1 is 1.14 bits per heavy atom. The minimum atomic E-state index is -0.609. The second-order valence-corrected chi connectivity index (χ2v) is 8.12. The van der Waals surface area contributed by atoms with E-state index in [-0.39, 0.29) is 18.1 Å². The molecule has 3 aromatic rings. The minimum Gasteiger partial charge on any atom is -0.508 e. The van der Waals surface area contributed by atoms with Crippen LogP contribution in [0.25, 0.3) is 10.9 Å². The summed E-state index contributed by atoms with van der Waals surface area (Å²) in [4.78, 5) is 25.6. The number of benzene rings is 2. The lowest BCUT2D eigenvalue weighted by Gasteiger charge is -2.19. The average molecular weight is 400 g/mol. The molecule has 0 spiro atoms. The highest BCUT2D eigenvalue weighted by molar-refractivity contribution is 6.31. The quantitative estimate of drug-likeness (QED) is 0.637. The van der Waals surface area contributed by atoms with E-state index in [1.54, 1.807) is 68.7 Å². The highest BCUT2D eigenvalue weighted by atomic mass is 35.5. The second kappa shape index (κ2) is 7.32. The zero-order valence-corrected chi connectivity index (χ0v) is 17.0.